The SMILES string of the molecule is CC1(C)c2nncn2CCN1C(=O)Nc1ccc2c(c1)C(c1ccoc1)=NC2. The first-order valence-corrected chi connectivity index (χ1v) is 9.21. The van der Waals surface area contributed by atoms with E-state index in [4.69, 9.17) is 4.42 Å². The number of anilines is 1. The Morgan fingerprint density at radius 2 is 2.14 bits per heavy atom. The number of fused-ring (bicyclic) bond motifs is 2. The minimum atomic E-state index is -0.543. The zero-order valence-electron chi connectivity index (χ0n) is 15.7. The van der Waals surface area contributed by atoms with Crippen molar-refractivity contribution in [1.29, 1.82) is 0 Å². The van der Waals surface area contributed by atoms with E-state index in [1.54, 1.807) is 23.8 Å². The first-order chi connectivity index (χ1) is 13.5. The fraction of sp³-hybridized carbons (Fsp3) is 0.300. The molecule has 28 heavy (non-hydrogen) atoms. The predicted octanol–water partition coefficient (Wildman–Crippen LogP) is 3.00. The largest absolute Gasteiger partial charge is 0.472 e. The molecule has 8 heteroatoms. The maximum atomic E-state index is 13.0. The zero-order chi connectivity index (χ0) is 19.3. The minimum Gasteiger partial charge on any atom is -0.472 e. The summed E-state index contributed by atoms with van der Waals surface area (Å²) in [5, 5.41) is 11.2. The van der Waals surface area contributed by atoms with Crippen molar-refractivity contribution in [3.8, 4) is 0 Å². The highest BCUT2D eigenvalue weighted by Gasteiger charge is 2.39. The van der Waals surface area contributed by atoms with Crippen molar-refractivity contribution in [2.45, 2.75) is 32.5 Å². The van der Waals surface area contributed by atoms with Gasteiger partial charge in [-0.25, -0.2) is 4.79 Å². The Morgan fingerprint density at radius 1 is 1.25 bits per heavy atom. The third-order valence-electron chi connectivity index (χ3n) is 5.47. The normalized spacial score (nSPS) is 17.1. The van der Waals surface area contributed by atoms with Gasteiger partial charge in [-0.3, -0.25) is 4.99 Å². The van der Waals surface area contributed by atoms with Gasteiger partial charge in [-0.05, 0) is 37.6 Å². The van der Waals surface area contributed by atoms with Crippen LogP contribution in [-0.2, 0) is 18.6 Å². The summed E-state index contributed by atoms with van der Waals surface area (Å²) < 4.78 is 7.18. The topological polar surface area (TPSA) is 88.5 Å². The van der Waals surface area contributed by atoms with E-state index < -0.39 is 5.54 Å². The Kier molecular flexibility index (Phi) is 3.61. The predicted molar refractivity (Wildman–Crippen MR) is 103 cm³/mol. The fourth-order valence-corrected chi connectivity index (χ4v) is 3.95. The monoisotopic (exact) mass is 376 g/mol. The third-order valence-corrected chi connectivity index (χ3v) is 5.47. The van der Waals surface area contributed by atoms with Gasteiger partial charge < -0.3 is 19.2 Å². The number of nitrogens with one attached hydrogen (secondary N) is 1. The second-order valence-corrected chi connectivity index (χ2v) is 7.54. The van der Waals surface area contributed by atoms with E-state index in [0.717, 1.165) is 33.9 Å². The second-order valence-electron chi connectivity index (χ2n) is 7.54. The summed E-state index contributed by atoms with van der Waals surface area (Å²) in [7, 11) is 0. The number of furan rings is 1. The van der Waals surface area contributed by atoms with Crippen LogP contribution in [0.25, 0.3) is 0 Å². The molecule has 4 heterocycles. The molecule has 8 nitrogen and oxygen atoms in total. The Balaban J connectivity index is 1.40. The van der Waals surface area contributed by atoms with Crippen LogP contribution < -0.4 is 5.32 Å². The zero-order valence-corrected chi connectivity index (χ0v) is 15.7. The summed E-state index contributed by atoms with van der Waals surface area (Å²) in [5.41, 5.74) is 4.20. The lowest BCUT2D eigenvalue weighted by atomic mass is 9.99. The van der Waals surface area contributed by atoms with E-state index in [-0.39, 0.29) is 6.03 Å². The van der Waals surface area contributed by atoms with Crippen LogP contribution in [0.2, 0.25) is 0 Å². The Bertz CT molecular complexity index is 1080. The molecule has 1 aromatic carbocycles. The lowest BCUT2D eigenvalue weighted by Crippen LogP contribution is -2.53. The molecule has 0 atom stereocenters. The van der Waals surface area contributed by atoms with Gasteiger partial charge in [-0.1, -0.05) is 6.07 Å². The number of carbonyl (C=O) groups excluding carboxylic acids is 1. The molecule has 2 aliphatic rings. The standard InChI is InChI=1S/C20H20N6O2/c1-20(2)18-24-22-12-25(18)6-7-26(20)19(27)23-15-4-3-13-10-21-17(16(13)9-15)14-5-8-28-11-14/h3-5,8-9,11-12H,6-7,10H2,1-2H3,(H,23,27). The van der Waals surface area contributed by atoms with Gasteiger partial charge in [-0.2, -0.15) is 0 Å². The van der Waals surface area contributed by atoms with Crippen LogP contribution in [0.5, 0.6) is 0 Å². The first kappa shape index (κ1) is 16.7. The van der Waals surface area contributed by atoms with E-state index >= 15 is 0 Å². The Labute approximate surface area is 161 Å². The van der Waals surface area contributed by atoms with Gasteiger partial charge in [0.25, 0.3) is 0 Å². The van der Waals surface area contributed by atoms with Gasteiger partial charge in [0, 0.05) is 29.9 Å². The molecule has 0 aliphatic carbocycles. The molecule has 0 saturated heterocycles. The summed E-state index contributed by atoms with van der Waals surface area (Å²) in [6.07, 6.45) is 5.04. The number of hydrogen-bond acceptors (Lipinski definition) is 5. The number of benzene rings is 1. The fourth-order valence-electron chi connectivity index (χ4n) is 3.95. The summed E-state index contributed by atoms with van der Waals surface area (Å²) in [6, 6.07) is 7.65. The van der Waals surface area contributed by atoms with Gasteiger partial charge in [-0.15, -0.1) is 10.2 Å². The molecular formula is C20H20N6O2. The van der Waals surface area contributed by atoms with Crippen molar-refractivity contribution < 1.29 is 9.21 Å². The van der Waals surface area contributed by atoms with Crippen LogP contribution in [0, 0.1) is 0 Å². The van der Waals surface area contributed by atoms with Crippen LogP contribution in [0.3, 0.4) is 0 Å². The quantitative estimate of drug-likeness (QED) is 0.745. The number of carbonyl (C=O) groups is 1. The number of aromatic nitrogens is 3. The van der Waals surface area contributed by atoms with Crippen LogP contribution in [-0.4, -0.2) is 38.0 Å². The van der Waals surface area contributed by atoms with E-state index in [1.807, 2.05) is 42.7 Å². The van der Waals surface area contributed by atoms with Crippen molar-refractivity contribution >= 4 is 17.4 Å². The number of urea groups is 1. The lowest BCUT2D eigenvalue weighted by Gasteiger charge is -2.41. The summed E-state index contributed by atoms with van der Waals surface area (Å²) in [5.74, 6) is 0.789. The molecule has 0 radical (unpaired) electrons. The lowest BCUT2D eigenvalue weighted by molar-refractivity contribution is 0.113. The molecule has 0 saturated carbocycles. The molecule has 0 unspecified atom stereocenters. The Morgan fingerprint density at radius 3 is 2.96 bits per heavy atom. The minimum absolute atomic E-state index is 0.154. The average Bonchev–Trinajstić information content (AvgIpc) is 3.41. The van der Waals surface area contributed by atoms with E-state index in [1.165, 1.54) is 0 Å². The average molecular weight is 376 g/mol. The maximum absolute atomic E-state index is 13.0. The smallest absolute Gasteiger partial charge is 0.322 e. The molecule has 0 bridgehead atoms. The van der Waals surface area contributed by atoms with Gasteiger partial charge in [0.2, 0.25) is 0 Å². The van der Waals surface area contributed by atoms with E-state index in [9.17, 15) is 4.79 Å². The van der Waals surface area contributed by atoms with Crippen molar-refractivity contribution in [3.05, 3.63) is 65.6 Å². The van der Waals surface area contributed by atoms with Gasteiger partial charge >= 0.3 is 6.03 Å². The third kappa shape index (κ3) is 2.52. The molecular weight excluding hydrogens is 356 g/mol. The molecule has 1 N–H and O–H groups in total. The second kappa shape index (κ2) is 6.05. The highest BCUT2D eigenvalue weighted by Crippen LogP contribution is 2.31. The Hall–Kier alpha value is -3.42. The molecule has 0 spiro atoms. The number of hydrogen-bond donors (Lipinski definition) is 1. The van der Waals surface area contributed by atoms with Crippen molar-refractivity contribution in [2.24, 2.45) is 4.99 Å². The molecule has 2 amide bonds. The van der Waals surface area contributed by atoms with Crippen LogP contribution >= 0.6 is 0 Å². The highest BCUT2D eigenvalue weighted by molar-refractivity contribution is 6.15. The van der Waals surface area contributed by atoms with Crippen LogP contribution in [0.4, 0.5) is 10.5 Å². The molecule has 2 aromatic heterocycles. The number of rotatable bonds is 2. The van der Waals surface area contributed by atoms with Crippen molar-refractivity contribution in [2.75, 3.05) is 11.9 Å². The molecule has 0 fully saturated rings. The van der Waals surface area contributed by atoms with Crippen LogP contribution in [0.15, 0.2) is 52.5 Å². The van der Waals surface area contributed by atoms with E-state index in [0.29, 0.717) is 19.6 Å². The van der Waals surface area contributed by atoms with Gasteiger partial charge in [0.15, 0.2) is 5.82 Å². The summed E-state index contributed by atoms with van der Waals surface area (Å²) in [6.45, 7) is 5.88. The van der Waals surface area contributed by atoms with Crippen molar-refractivity contribution in [3.63, 3.8) is 0 Å². The van der Waals surface area contributed by atoms with Crippen LogP contribution in [0.1, 0.15) is 36.4 Å². The number of aliphatic imine (C=N–C) groups is 1. The highest BCUT2D eigenvalue weighted by atomic mass is 16.3. The summed E-state index contributed by atoms with van der Waals surface area (Å²) >= 11 is 0. The molecule has 142 valence electrons. The number of amides is 2. The van der Waals surface area contributed by atoms with Crippen molar-refractivity contribution in [1.82, 2.24) is 19.7 Å². The summed E-state index contributed by atoms with van der Waals surface area (Å²) in [4.78, 5) is 19.5. The van der Waals surface area contributed by atoms with Gasteiger partial charge in [0.05, 0.1) is 30.3 Å². The maximum Gasteiger partial charge on any atom is 0.322 e. The molecule has 2 aliphatic heterocycles. The number of nitrogens with zero attached hydrogens (tertiary/aromatic N) is 5. The molecule has 3 aromatic rings. The first-order valence-electron chi connectivity index (χ1n) is 9.21. The van der Waals surface area contributed by atoms with E-state index in [2.05, 4.69) is 20.5 Å². The van der Waals surface area contributed by atoms with Gasteiger partial charge in [0.1, 0.15) is 6.33 Å². The molecule has 5 rings (SSSR count).